The zero-order valence-electron chi connectivity index (χ0n) is 27.0. The van der Waals surface area contributed by atoms with Crippen LogP contribution in [-0.2, 0) is 4.79 Å². The highest BCUT2D eigenvalue weighted by Crippen LogP contribution is 2.41. The summed E-state index contributed by atoms with van der Waals surface area (Å²) in [4.78, 5) is 41.0. The number of hydrogen-bond acceptors (Lipinski definition) is 5. The lowest BCUT2D eigenvalue weighted by Gasteiger charge is -2.32. The van der Waals surface area contributed by atoms with E-state index in [2.05, 4.69) is 26.8 Å². The topological polar surface area (TPSA) is 105 Å². The number of nitrogens with one attached hydrogen (secondary N) is 2. The Labute approximate surface area is 293 Å². The Hall–Kier alpha value is -5.12. The van der Waals surface area contributed by atoms with E-state index >= 15 is 0 Å². The first-order valence-corrected chi connectivity index (χ1v) is 16.9. The molecule has 11 heteroatoms. The van der Waals surface area contributed by atoms with Crippen molar-refractivity contribution in [3.8, 4) is 28.4 Å². The number of amides is 2. The van der Waals surface area contributed by atoms with Gasteiger partial charge >= 0.3 is 0 Å². The molecule has 0 aliphatic carbocycles. The van der Waals surface area contributed by atoms with Crippen LogP contribution in [0, 0.1) is 0 Å². The number of piperidine rings is 1. The molecule has 4 heterocycles. The van der Waals surface area contributed by atoms with Crippen LogP contribution in [0.4, 0.5) is 5.69 Å². The third-order valence-electron chi connectivity index (χ3n) is 8.96. The normalized spacial score (nSPS) is 15.3. The van der Waals surface area contributed by atoms with Crippen LogP contribution in [0.1, 0.15) is 48.8 Å². The van der Waals surface area contributed by atoms with Crippen molar-refractivity contribution >= 4 is 51.6 Å². The second kappa shape index (κ2) is 13.8. The van der Waals surface area contributed by atoms with E-state index in [1.54, 1.807) is 30.2 Å². The van der Waals surface area contributed by atoms with Gasteiger partial charge in [-0.05, 0) is 61.7 Å². The number of benzene rings is 3. The highest BCUT2D eigenvalue weighted by atomic mass is 35.5. The van der Waals surface area contributed by atoms with E-state index in [-0.39, 0.29) is 24.0 Å². The maximum atomic E-state index is 14.5. The number of nitrogens with zero attached hydrogens (tertiary/aromatic N) is 4. The van der Waals surface area contributed by atoms with Gasteiger partial charge in [0.15, 0.2) is 0 Å². The van der Waals surface area contributed by atoms with Gasteiger partial charge in [-0.3, -0.25) is 9.59 Å². The molecule has 0 spiro atoms. The van der Waals surface area contributed by atoms with Gasteiger partial charge in [0.1, 0.15) is 17.5 Å². The lowest BCUT2D eigenvalue weighted by molar-refractivity contribution is -0.131. The molecule has 2 N–H and O–H groups in total. The first-order chi connectivity index (χ1) is 23.8. The summed E-state index contributed by atoms with van der Waals surface area (Å²) in [7, 11) is 0. The Bertz CT molecular complexity index is 2140. The quantitative estimate of drug-likeness (QED) is 0.166. The minimum Gasteiger partial charge on any atom is -0.471 e. The van der Waals surface area contributed by atoms with Crippen LogP contribution in [0.25, 0.3) is 33.4 Å². The number of H-pyrrole nitrogens is 1. The molecule has 0 radical (unpaired) electrons. The lowest BCUT2D eigenvalue weighted by atomic mass is 9.99. The van der Waals surface area contributed by atoms with Crippen molar-refractivity contribution in [2.45, 2.75) is 38.8 Å². The summed E-state index contributed by atoms with van der Waals surface area (Å²) >= 11 is 12.7. The van der Waals surface area contributed by atoms with E-state index in [9.17, 15) is 9.59 Å². The number of imidazole rings is 1. The van der Waals surface area contributed by atoms with Gasteiger partial charge < -0.3 is 24.5 Å². The predicted octanol–water partition coefficient (Wildman–Crippen LogP) is 8.65. The fourth-order valence-corrected chi connectivity index (χ4v) is 6.74. The van der Waals surface area contributed by atoms with E-state index in [1.165, 1.54) is 0 Å². The molecule has 1 aliphatic heterocycles. The summed E-state index contributed by atoms with van der Waals surface area (Å²) in [6, 6.07) is 26.5. The summed E-state index contributed by atoms with van der Waals surface area (Å²) in [6.07, 6.45) is 4.79. The number of rotatable bonds is 8. The van der Waals surface area contributed by atoms with Crippen LogP contribution in [0.2, 0.25) is 10.0 Å². The van der Waals surface area contributed by atoms with E-state index < -0.39 is 0 Å². The maximum Gasteiger partial charge on any atom is 0.272 e. The molecule has 1 saturated heterocycles. The van der Waals surface area contributed by atoms with Gasteiger partial charge in [-0.2, -0.15) is 0 Å². The van der Waals surface area contributed by atoms with Crippen molar-refractivity contribution < 1.29 is 14.3 Å². The molecule has 3 aromatic carbocycles. The molecular weight excluding hydrogens is 659 g/mol. The van der Waals surface area contributed by atoms with E-state index in [1.807, 2.05) is 79.1 Å². The van der Waals surface area contributed by atoms with Crippen molar-refractivity contribution in [2.24, 2.45) is 0 Å². The maximum absolute atomic E-state index is 14.5. The number of pyridine rings is 1. The molecule has 3 aromatic heterocycles. The van der Waals surface area contributed by atoms with Crippen LogP contribution in [0.3, 0.4) is 0 Å². The van der Waals surface area contributed by atoms with Gasteiger partial charge in [-0.25, -0.2) is 9.97 Å². The van der Waals surface area contributed by atoms with E-state index in [4.69, 9.17) is 32.9 Å². The van der Waals surface area contributed by atoms with Crippen LogP contribution >= 0.6 is 23.2 Å². The summed E-state index contributed by atoms with van der Waals surface area (Å²) < 4.78 is 8.38. The number of fused-ring (bicyclic) bond motifs is 1. The first kappa shape index (κ1) is 32.4. The van der Waals surface area contributed by atoms with Crippen molar-refractivity contribution in [3.63, 3.8) is 0 Å². The standard InChI is InChI=1S/C38H34Cl2N6O3/c1-23(25-12-14-27(39)15-13-25)46-22-42-34(26-8-4-3-5-9-26)36(46)33-30-17-16-28(40)20-32(30)43-35(33)37(48)44-31-11-6-18-41-38(31)49-29-10-7-19-45(21-29)24(2)47/h3-6,8-9,11-18,20,22-23,29,43H,7,10,19,21H2,1-2H3,(H,44,48). The summed E-state index contributed by atoms with van der Waals surface area (Å²) in [5, 5.41) is 5.06. The second-order valence-electron chi connectivity index (χ2n) is 12.2. The molecule has 49 heavy (non-hydrogen) atoms. The number of carbonyl (C=O) groups is 2. The molecule has 1 fully saturated rings. The molecule has 0 saturated carbocycles. The second-order valence-corrected chi connectivity index (χ2v) is 13.0. The Morgan fingerprint density at radius 3 is 2.53 bits per heavy atom. The van der Waals surface area contributed by atoms with Crippen molar-refractivity contribution in [3.05, 3.63) is 119 Å². The van der Waals surface area contributed by atoms with Gasteiger partial charge in [0, 0.05) is 51.7 Å². The zero-order chi connectivity index (χ0) is 34.1. The number of carbonyl (C=O) groups excluding carboxylic acids is 2. The zero-order valence-corrected chi connectivity index (χ0v) is 28.5. The molecule has 1 aliphatic rings. The first-order valence-electron chi connectivity index (χ1n) is 16.1. The fraction of sp³-hybridized carbons (Fsp3) is 0.211. The van der Waals surface area contributed by atoms with Gasteiger partial charge in [0.2, 0.25) is 11.8 Å². The van der Waals surface area contributed by atoms with Crippen LogP contribution in [0.15, 0.2) is 97.5 Å². The Balaban J connectivity index is 1.33. The van der Waals surface area contributed by atoms with E-state index in [0.29, 0.717) is 51.5 Å². The smallest absolute Gasteiger partial charge is 0.272 e. The Morgan fingerprint density at radius 1 is 0.980 bits per heavy atom. The van der Waals surface area contributed by atoms with Crippen LogP contribution < -0.4 is 10.1 Å². The Kier molecular flexibility index (Phi) is 9.12. The third kappa shape index (κ3) is 6.64. The average molecular weight is 694 g/mol. The van der Waals surface area contributed by atoms with Crippen LogP contribution in [-0.4, -0.2) is 55.4 Å². The molecule has 0 bridgehead atoms. The van der Waals surface area contributed by atoms with Gasteiger partial charge in [0.25, 0.3) is 5.91 Å². The number of likely N-dealkylation sites (tertiary alicyclic amines) is 1. The number of hydrogen-bond donors (Lipinski definition) is 2. The highest BCUT2D eigenvalue weighted by Gasteiger charge is 2.29. The average Bonchev–Trinajstić information content (AvgIpc) is 3.71. The van der Waals surface area contributed by atoms with Gasteiger partial charge in [-0.15, -0.1) is 0 Å². The number of halogens is 2. The van der Waals surface area contributed by atoms with Crippen molar-refractivity contribution in [2.75, 3.05) is 18.4 Å². The lowest BCUT2D eigenvalue weighted by Crippen LogP contribution is -2.43. The molecule has 7 rings (SSSR count). The molecule has 2 amide bonds. The molecular formula is C38H34Cl2N6O3. The van der Waals surface area contributed by atoms with Crippen molar-refractivity contribution in [1.29, 1.82) is 0 Å². The van der Waals surface area contributed by atoms with Crippen LogP contribution in [0.5, 0.6) is 5.88 Å². The monoisotopic (exact) mass is 692 g/mol. The number of aromatic nitrogens is 4. The highest BCUT2D eigenvalue weighted by molar-refractivity contribution is 6.31. The molecule has 248 valence electrons. The number of aromatic amines is 1. The molecule has 9 nitrogen and oxygen atoms in total. The SMILES string of the molecule is CC(=O)N1CCCC(Oc2ncccc2NC(=O)c2[nH]c3cc(Cl)ccc3c2-c2c(-c3ccccc3)ncn2C(C)c2ccc(Cl)cc2)C1. The van der Waals surface area contributed by atoms with Crippen molar-refractivity contribution in [1.82, 2.24) is 24.4 Å². The minimum absolute atomic E-state index is 0.00813. The molecule has 2 atom stereocenters. The Morgan fingerprint density at radius 2 is 1.76 bits per heavy atom. The molecule has 6 aromatic rings. The summed E-state index contributed by atoms with van der Waals surface area (Å²) in [5.74, 6) is -0.0905. The number of anilines is 1. The fourth-order valence-electron chi connectivity index (χ4n) is 6.44. The largest absolute Gasteiger partial charge is 0.471 e. The van der Waals surface area contributed by atoms with Gasteiger partial charge in [0.05, 0.1) is 30.3 Å². The summed E-state index contributed by atoms with van der Waals surface area (Å²) in [5.41, 5.74) is 5.55. The predicted molar refractivity (Wildman–Crippen MR) is 193 cm³/mol. The van der Waals surface area contributed by atoms with E-state index in [0.717, 1.165) is 40.7 Å². The summed E-state index contributed by atoms with van der Waals surface area (Å²) in [6.45, 7) is 4.81. The van der Waals surface area contributed by atoms with Gasteiger partial charge in [-0.1, -0.05) is 71.7 Å². The number of ether oxygens (including phenoxy) is 1. The third-order valence-corrected chi connectivity index (χ3v) is 9.44. The minimum atomic E-state index is -0.389. The molecule has 2 unspecified atom stereocenters.